The largest absolute Gasteiger partial charge is 0.453 e. The summed E-state index contributed by atoms with van der Waals surface area (Å²) in [4.78, 5) is 0. The molecule has 1 aromatic carbocycles. The van der Waals surface area contributed by atoms with Crippen LogP contribution in [-0.2, 0) is 9.47 Å². The van der Waals surface area contributed by atoms with Crippen molar-refractivity contribution in [2.24, 2.45) is 0 Å². The van der Waals surface area contributed by atoms with E-state index in [0.29, 0.717) is 18.8 Å². The average molecular weight is 232 g/mol. The SMILES string of the molecule is O[C@]12Oc3ccccc3C=C1C[C@H]1CO[C@@H]2O1. The average Bonchev–Trinajstić information content (AvgIpc) is 2.74. The number of hydrogen-bond acceptors (Lipinski definition) is 4. The first-order chi connectivity index (χ1) is 8.25. The molecule has 0 amide bonds. The van der Waals surface area contributed by atoms with Gasteiger partial charge in [0.05, 0.1) is 12.7 Å². The maximum Gasteiger partial charge on any atom is 0.283 e. The molecular formula is C13H12O4. The number of benzene rings is 1. The highest BCUT2D eigenvalue weighted by Gasteiger charge is 2.55. The summed E-state index contributed by atoms with van der Waals surface area (Å²) in [5.41, 5.74) is 1.84. The Hall–Kier alpha value is -1.36. The van der Waals surface area contributed by atoms with Crippen LogP contribution in [0, 0.1) is 0 Å². The van der Waals surface area contributed by atoms with E-state index in [4.69, 9.17) is 14.2 Å². The summed E-state index contributed by atoms with van der Waals surface area (Å²) in [5.74, 6) is -0.794. The van der Waals surface area contributed by atoms with Crippen molar-refractivity contribution in [3.05, 3.63) is 35.4 Å². The van der Waals surface area contributed by atoms with E-state index in [2.05, 4.69) is 0 Å². The molecule has 1 N–H and O–H groups in total. The first kappa shape index (κ1) is 9.65. The number of rotatable bonds is 0. The van der Waals surface area contributed by atoms with E-state index in [1.54, 1.807) is 0 Å². The van der Waals surface area contributed by atoms with Crippen molar-refractivity contribution in [3.63, 3.8) is 0 Å². The number of ether oxygens (including phenoxy) is 3. The molecule has 4 rings (SSSR count). The zero-order valence-electron chi connectivity index (χ0n) is 9.13. The third kappa shape index (κ3) is 1.23. The fourth-order valence-electron chi connectivity index (χ4n) is 2.63. The van der Waals surface area contributed by atoms with Crippen LogP contribution in [0.15, 0.2) is 29.8 Å². The number of aliphatic hydroxyl groups is 1. The highest BCUT2D eigenvalue weighted by molar-refractivity contribution is 5.64. The molecule has 2 fully saturated rings. The minimum Gasteiger partial charge on any atom is -0.453 e. The van der Waals surface area contributed by atoms with Crippen molar-refractivity contribution in [1.29, 1.82) is 0 Å². The quantitative estimate of drug-likeness (QED) is 0.732. The lowest BCUT2D eigenvalue weighted by atomic mass is 9.92. The topological polar surface area (TPSA) is 47.9 Å². The van der Waals surface area contributed by atoms with Gasteiger partial charge in [-0.05, 0) is 12.1 Å². The fraction of sp³-hybridized carbons (Fsp3) is 0.385. The summed E-state index contributed by atoms with van der Waals surface area (Å²) in [6.45, 7) is 0.518. The second-order valence-corrected chi connectivity index (χ2v) is 4.63. The van der Waals surface area contributed by atoms with E-state index in [-0.39, 0.29) is 6.10 Å². The maximum atomic E-state index is 10.6. The second kappa shape index (κ2) is 3.10. The summed E-state index contributed by atoms with van der Waals surface area (Å²) >= 11 is 0. The van der Waals surface area contributed by atoms with Gasteiger partial charge in [-0.25, -0.2) is 0 Å². The summed E-state index contributed by atoms with van der Waals surface area (Å²) < 4.78 is 16.7. The zero-order chi connectivity index (χ0) is 11.5. The Morgan fingerprint density at radius 3 is 3.12 bits per heavy atom. The van der Waals surface area contributed by atoms with Crippen LogP contribution in [0.5, 0.6) is 5.75 Å². The predicted octanol–water partition coefficient (Wildman–Crippen LogP) is 1.30. The first-order valence-electron chi connectivity index (χ1n) is 5.74. The molecule has 88 valence electrons. The molecule has 2 saturated heterocycles. The van der Waals surface area contributed by atoms with Gasteiger partial charge < -0.3 is 19.3 Å². The molecule has 0 aromatic heterocycles. The van der Waals surface area contributed by atoms with Gasteiger partial charge in [-0.3, -0.25) is 0 Å². The lowest BCUT2D eigenvalue weighted by molar-refractivity contribution is -0.267. The van der Waals surface area contributed by atoms with Gasteiger partial charge in [0, 0.05) is 17.6 Å². The molecule has 4 heteroatoms. The highest BCUT2D eigenvalue weighted by atomic mass is 16.8. The van der Waals surface area contributed by atoms with Crippen LogP contribution in [-0.4, -0.2) is 29.9 Å². The Morgan fingerprint density at radius 1 is 1.29 bits per heavy atom. The van der Waals surface area contributed by atoms with Crippen molar-refractivity contribution in [1.82, 2.24) is 0 Å². The minimum atomic E-state index is -1.46. The van der Waals surface area contributed by atoms with Gasteiger partial charge in [0.1, 0.15) is 5.75 Å². The minimum absolute atomic E-state index is 0.0420. The fourth-order valence-corrected chi connectivity index (χ4v) is 2.63. The van der Waals surface area contributed by atoms with Gasteiger partial charge in [0.15, 0.2) is 0 Å². The summed E-state index contributed by atoms with van der Waals surface area (Å²) in [6, 6.07) is 7.64. The standard InChI is InChI=1S/C13H12O4/c14-13-9(6-10-7-15-12(13)16-10)5-8-3-1-2-4-11(8)17-13/h1-5,10,12,14H,6-7H2/t10-,12+,13-/m0/s1. The summed E-state index contributed by atoms with van der Waals surface area (Å²) in [5, 5.41) is 10.6. The third-order valence-corrected chi connectivity index (χ3v) is 3.49. The van der Waals surface area contributed by atoms with Gasteiger partial charge in [-0.2, -0.15) is 0 Å². The molecule has 0 unspecified atom stereocenters. The molecule has 3 aliphatic heterocycles. The smallest absolute Gasteiger partial charge is 0.283 e. The second-order valence-electron chi connectivity index (χ2n) is 4.63. The van der Waals surface area contributed by atoms with Gasteiger partial charge in [0.2, 0.25) is 6.29 Å². The third-order valence-electron chi connectivity index (χ3n) is 3.49. The molecule has 0 radical (unpaired) electrons. The molecule has 3 aliphatic rings. The molecule has 0 spiro atoms. The van der Waals surface area contributed by atoms with Crippen LogP contribution >= 0.6 is 0 Å². The molecule has 2 bridgehead atoms. The van der Waals surface area contributed by atoms with E-state index in [1.165, 1.54) is 0 Å². The van der Waals surface area contributed by atoms with Crippen molar-refractivity contribution >= 4 is 6.08 Å². The van der Waals surface area contributed by atoms with Crippen LogP contribution in [0.2, 0.25) is 0 Å². The Balaban J connectivity index is 1.86. The lowest BCUT2D eigenvalue weighted by Gasteiger charge is -2.40. The van der Waals surface area contributed by atoms with Gasteiger partial charge in [-0.15, -0.1) is 0 Å². The molecular weight excluding hydrogens is 220 g/mol. The first-order valence-corrected chi connectivity index (χ1v) is 5.74. The summed E-state index contributed by atoms with van der Waals surface area (Å²) in [6.07, 6.45) is 1.97. The van der Waals surface area contributed by atoms with Crippen LogP contribution in [0.4, 0.5) is 0 Å². The number of fused-ring (bicyclic) bond motifs is 5. The molecule has 3 heterocycles. The van der Waals surface area contributed by atoms with E-state index in [1.807, 2.05) is 30.3 Å². The molecule has 1 aromatic rings. The monoisotopic (exact) mass is 232 g/mol. The molecule has 0 aliphatic carbocycles. The maximum absolute atomic E-state index is 10.6. The van der Waals surface area contributed by atoms with Crippen LogP contribution in [0.3, 0.4) is 0 Å². The van der Waals surface area contributed by atoms with E-state index in [0.717, 1.165) is 11.1 Å². The number of hydrogen-bond donors (Lipinski definition) is 1. The van der Waals surface area contributed by atoms with Crippen molar-refractivity contribution in [2.45, 2.75) is 24.6 Å². The van der Waals surface area contributed by atoms with Crippen LogP contribution < -0.4 is 4.74 Å². The van der Waals surface area contributed by atoms with Gasteiger partial charge >= 0.3 is 0 Å². The molecule has 17 heavy (non-hydrogen) atoms. The Bertz CT molecular complexity index is 510. The van der Waals surface area contributed by atoms with Gasteiger partial charge in [-0.1, -0.05) is 18.2 Å². The Kier molecular flexibility index (Phi) is 1.76. The van der Waals surface area contributed by atoms with E-state index < -0.39 is 12.1 Å². The normalized spacial score (nSPS) is 37.8. The number of para-hydroxylation sites is 1. The van der Waals surface area contributed by atoms with Crippen molar-refractivity contribution in [2.75, 3.05) is 6.61 Å². The zero-order valence-corrected chi connectivity index (χ0v) is 9.13. The Labute approximate surface area is 98.4 Å². The van der Waals surface area contributed by atoms with Crippen molar-refractivity contribution in [3.8, 4) is 5.75 Å². The lowest BCUT2D eigenvalue weighted by Crippen LogP contribution is -2.53. The molecule has 4 nitrogen and oxygen atoms in total. The summed E-state index contributed by atoms with van der Waals surface area (Å²) in [7, 11) is 0. The van der Waals surface area contributed by atoms with Crippen molar-refractivity contribution < 1.29 is 19.3 Å². The van der Waals surface area contributed by atoms with E-state index in [9.17, 15) is 5.11 Å². The molecule has 0 saturated carbocycles. The van der Waals surface area contributed by atoms with Gasteiger partial charge in [0.25, 0.3) is 5.79 Å². The van der Waals surface area contributed by atoms with E-state index >= 15 is 0 Å². The van der Waals surface area contributed by atoms with Crippen LogP contribution in [0.25, 0.3) is 6.08 Å². The van der Waals surface area contributed by atoms with Crippen LogP contribution in [0.1, 0.15) is 12.0 Å². The molecule has 3 atom stereocenters. The highest BCUT2D eigenvalue weighted by Crippen LogP contribution is 2.45. The Morgan fingerprint density at radius 2 is 2.18 bits per heavy atom. The predicted molar refractivity (Wildman–Crippen MR) is 59.2 cm³/mol.